The van der Waals surface area contributed by atoms with E-state index in [2.05, 4.69) is 36.3 Å². The zero-order chi connectivity index (χ0) is 11.8. The van der Waals surface area contributed by atoms with Crippen molar-refractivity contribution < 1.29 is 4.42 Å². The lowest BCUT2D eigenvalue weighted by Gasteiger charge is -2.02. The van der Waals surface area contributed by atoms with E-state index in [1.807, 2.05) is 0 Å². The maximum atomic E-state index is 5.59. The van der Waals surface area contributed by atoms with Crippen LogP contribution in [0.3, 0.4) is 0 Å². The van der Waals surface area contributed by atoms with Gasteiger partial charge in [-0.1, -0.05) is 27.2 Å². The molecule has 0 spiro atoms. The minimum absolute atomic E-state index is 0.620. The number of hydrogen-bond donors (Lipinski definition) is 1. The van der Waals surface area contributed by atoms with Crippen molar-refractivity contribution in [2.24, 2.45) is 5.92 Å². The zero-order valence-electron chi connectivity index (χ0n) is 10.6. The van der Waals surface area contributed by atoms with E-state index in [9.17, 15) is 0 Å². The van der Waals surface area contributed by atoms with Crippen molar-refractivity contribution in [1.82, 2.24) is 15.5 Å². The second kappa shape index (κ2) is 7.39. The molecule has 0 aliphatic carbocycles. The Bertz CT molecular complexity index is 286. The molecule has 0 radical (unpaired) electrons. The van der Waals surface area contributed by atoms with Gasteiger partial charge in [-0.3, -0.25) is 0 Å². The Labute approximate surface area is 97.8 Å². The summed E-state index contributed by atoms with van der Waals surface area (Å²) in [7, 11) is 0. The van der Waals surface area contributed by atoms with E-state index in [0.29, 0.717) is 5.92 Å². The molecule has 0 aromatic carbocycles. The van der Waals surface area contributed by atoms with Crippen LogP contribution in [0.25, 0.3) is 0 Å². The highest BCUT2D eigenvalue weighted by atomic mass is 16.4. The number of hydrogen-bond acceptors (Lipinski definition) is 4. The van der Waals surface area contributed by atoms with Crippen molar-refractivity contribution in [1.29, 1.82) is 0 Å². The van der Waals surface area contributed by atoms with E-state index in [-0.39, 0.29) is 0 Å². The van der Waals surface area contributed by atoms with Crippen molar-refractivity contribution in [3.63, 3.8) is 0 Å². The summed E-state index contributed by atoms with van der Waals surface area (Å²) >= 11 is 0. The zero-order valence-corrected chi connectivity index (χ0v) is 10.6. The van der Waals surface area contributed by atoms with Gasteiger partial charge in [-0.05, 0) is 25.4 Å². The molecule has 92 valence electrons. The normalized spacial score (nSPS) is 12.9. The molecule has 1 heterocycles. The van der Waals surface area contributed by atoms with Gasteiger partial charge < -0.3 is 9.73 Å². The lowest BCUT2D eigenvalue weighted by Crippen LogP contribution is -2.14. The molecule has 0 saturated carbocycles. The topological polar surface area (TPSA) is 51.0 Å². The second-order valence-electron chi connectivity index (χ2n) is 4.26. The average molecular weight is 225 g/mol. The summed E-state index contributed by atoms with van der Waals surface area (Å²) < 4.78 is 5.59. The average Bonchev–Trinajstić information content (AvgIpc) is 2.72. The second-order valence-corrected chi connectivity index (χ2v) is 4.26. The van der Waals surface area contributed by atoms with Crippen LogP contribution in [0.2, 0.25) is 0 Å². The summed E-state index contributed by atoms with van der Waals surface area (Å²) in [4.78, 5) is 0. The first-order valence-corrected chi connectivity index (χ1v) is 6.28. The molecule has 0 aliphatic heterocycles. The SMILES string of the molecule is CCNCCCc1nnc(CC(C)CC)o1. The Kier molecular flexibility index (Phi) is 6.08. The molecule has 1 aromatic heterocycles. The van der Waals surface area contributed by atoms with Crippen LogP contribution >= 0.6 is 0 Å². The van der Waals surface area contributed by atoms with Crippen LogP contribution in [0.15, 0.2) is 4.42 Å². The molecule has 4 heteroatoms. The van der Waals surface area contributed by atoms with Gasteiger partial charge in [0.1, 0.15) is 0 Å². The van der Waals surface area contributed by atoms with Crippen LogP contribution in [-0.4, -0.2) is 23.3 Å². The number of aryl methyl sites for hydroxylation is 1. The molecule has 0 bridgehead atoms. The van der Waals surface area contributed by atoms with E-state index in [1.165, 1.54) is 0 Å². The van der Waals surface area contributed by atoms with Crippen molar-refractivity contribution in [3.8, 4) is 0 Å². The fraction of sp³-hybridized carbons (Fsp3) is 0.833. The minimum Gasteiger partial charge on any atom is -0.425 e. The largest absolute Gasteiger partial charge is 0.425 e. The standard InChI is InChI=1S/C12H23N3O/c1-4-10(3)9-12-15-14-11(16-12)7-6-8-13-5-2/h10,13H,4-9H2,1-3H3. The van der Waals surface area contributed by atoms with E-state index in [0.717, 1.165) is 50.6 Å². The summed E-state index contributed by atoms with van der Waals surface area (Å²) in [5.74, 6) is 2.18. The first kappa shape index (κ1) is 13.2. The summed E-state index contributed by atoms with van der Waals surface area (Å²) in [5, 5.41) is 11.4. The van der Waals surface area contributed by atoms with Gasteiger partial charge in [-0.25, -0.2) is 0 Å². The first-order chi connectivity index (χ1) is 7.76. The minimum atomic E-state index is 0.620. The molecule has 0 saturated heterocycles. The lowest BCUT2D eigenvalue weighted by atomic mass is 10.1. The monoisotopic (exact) mass is 225 g/mol. The molecule has 0 amide bonds. The third-order valence-electron chi connectivity index (χ3n) is 2.72. The van der Waals surface area contributed by atoms with Gasteiger partial charge in [0.2, 0.25) is 11.8 Å². The van der Waals surface area contributed by atoms with Gasteiger partial charge in [-0.15, -0.1) is 10.2 Å². The number of aromatic nitrogens is 2. The van der Waals surface area contributed by atoms with E-state index in [4.69, 9.17) is 4.42 Å². The van der Waals surface area contributed by atoms with Crippen molar-refractivity contribution in [2.75, 3.05) is 13.1 Å². The molecule has 1 N–H and O–H groups in total. The van der Waals surface area contributed by atoms with Crippen LogP contribution in [0.4, 0.5) is 0 Å². The van der Waals surface area contributed by atoms with Crippen LogP contribution in [0.1, 0.15) is 45.4 Å². The Hall–Kier alpha value is -0.900. The summed E-state index contributed by atoms with van der Waals surface area (Å²) in [6.45, 7) is 8.52. The van der Waals surface area contributed by atoms with Gasteiger partial charge in [0.15, 0.2) is 0 Å². The molecular formula is C12H23N3O. The predicted octanol–water partition coefficient (Wildman–Crippen LogP) is 2.20. The van der Waals surface area contributed by atoms with Gasteiger partial charge in [0.25, 0.3) is 0 Å². The van der Waals surface area contributed by atoms with Gasteiger partial charge >= 0.3 is 0 Å². The highest BCUT2D eigenvalue weighted by Crippen LogP contribution is 2.10. The quantitative estimate of drug-likeness (QED) is 0.689. The summed E-state index contributed by atoms with van der Waals surface area (Å²) in [6.07, 6.45) is 3.98. The highest BCUT2D eigenvalue weighted by Gasteiger charge is 2.08. The van der Waals surface area contributed by atoms with Gasteiger partial charge in [-0.2, -0.15) is 0 Å². The Morgan fingerprint density at radius 3 is 2.69 bits per heavy atom. The third-order valence-corrected chi connectivity index (χ3v) is 2.72. The third kappa shape index (κ3) is 4.75. The lowest BCUT2D eigenvalue weighted by molar-refractivity contribution is 0.408. The number of rotatable bonds is 8. The maximum absolute atomic E-state index is 5.59. The van der Waals surface area contributed by atoms with Crippen LogP contribution < -0.4 is 5.32 Å². The molecule has 1 atom stereocenters. The fourth-order valence-corrected chi connectivity index (χ4v) is 1.46. The van der Waals surface area contributed by atoms with E-state index >= 15 is 0 Å². The predicted molar refractivity (Wildman–Crippen MR) is 64.3 cm³/mol. The number of nitrogens with zero attached hydrogens (tertiary/aromatic N) is 2. The smallest absolute Gasteiger partial charge is 0.216 e. The Morgan fingerprint density at radius 1 is 1.25 bits per heavy atom. The van der Waals surface area contributed by atoms with Crippen LogP contribution in [-0.2, 0) is 12.8 Å². The number of nitrogens with one attached hydrogen (secondary N) is 1. The molecule has 0 fully saturated rings. The van der Waals surface area contributed by atoms with Crippen LogP contribution in [0.5, 0.6) is 0 Å². The Balaban J connectivity index is 2.28. The van der Waals surface area contributed by atoms with Crippen molar-refractivity contribution in [2.45, 2.75) is 46.5 Å². The van der Waals surface area contributed by atoms with Crippen molar-refractivity contribution >= 4 is 0 Å². The van der Waals surface area contributed by atoms with Crippen LogP contribution in [0, 0.1) is 5.92 Å². The van der Waals surface area contributed by atoms with Gasteiger partial charge in [0, 0.05) is 12.8 Å². The molecule has 4 nitrogen and oxygen atoms in total. The summed E-state index contributed by atoms with van der Waals surface area (Å²) in [5.41, 5.74) is 0. The maximum Gasteiger partial charge on any atom is 0.216 e. The van der Waals surface area contributed by atoms with E-state index < -0.39 is 0 Å². The van der Waals surface area contributed by atoms with E-state index in [1.54, 1.807) is 0 Å². The molecule has 1 unspecified atom stereocenters. The highest BCUT2D eigenvalue weighted by molar-refractivity contribution is 4.83. The fourth-order valence-electron chi connectivity index (χ4n) is 1.46. The molecule has 0 aliphatic rings. The summed E-state index contributed by atoms with van der Waals surface area (Å²) in [6, 6.07) is 0. The molecule has 1 aromatic rings. The molecule has 1 rings (SSSR count). The molecule has 16 heavy (non-hydrogen) atoms. The molecular weight excluding hydrogens is 202 g/mol. The Morgan fingerprint density at radius 2 is 2.00 bits per heavy atom. The van der Waals surface area contributed by atoms with Gasteiger partial charge in [0.05, 0.1) is 0 Å². The first-order valence-electron chi connectivity index (χ1n) is 6.28. The van der Waals surface area contributed by atoms with Crippen molar-refractivity contribution in [3.05, 3.63) is 11.8 Å².